The minimum absolute atomic E-state index is 0.0827. The van der Waals surface area contributed by atoms with E-state index >= 15 is 0 Å². The van der Waals surface area contributed by atoms with Crippen LogP contribution in [-0.2, 0) is 16.0 Å². The number of benzene rings is 1. The quantitative estimate of drug-likeness (QED) is 0.587. The Morgan fingerprint density at radius 3 is 2.26 bits per heavy atom. The van der Waals surface area contributed by atoms with Gasteiger partial charge in [-0.25, -0.2) is 0 Å². The van der Waals surface area contributed by atoms with Gasteiger partial charge in [0.15, 0.2) is 0 Å². The van der Waals surface area contributed by atoms with Crippen LogP contribution in [0.1, 0.15) is 44.9 Å². The highest BCUT2D eigenvalue weighted by Gasteiger charge is 2.25. The molecular formula is C25H35N5O4. The van der Waals surface area contributed by atoms with Crippen LogP contribution < -0.4 is 4.74 Å². The number of hydrogen-bond donors (Lipinski definition) is 0. The van der Waals surface area contributed by atoms with E-state index in [1.54, 1.807) is 0 Å². The number of aryl methyl sites for hydroxylation is 1. The molecule has 2 saturated heterocycles. The van der Waals surface area contributed by atoms with Crippen molar-refractivity contribution >= 4 is 11.8 Å². The first-order valence-electron chi connectivity index (χ1n) is 12.5. The third-order valence-corrected chi connectivity index (χ3v) is 6.49. The van der Waals surface area contributed by atoms with Crippen molar-refractivity contribution in [2.45, 2.75) is 45.4 Å². The molecule has 0 aliphatic carbocycles. The summed E-state index contributed by atoms with van der Waals surface area (Å²) in [6.07, 6.45) is 5.40. The Morgan fingerprint density at radius 2 is 1.59 bits per heavy atom. The van der Waals surface area contributed by atoms with Crippen LogP contribution in [0.3, 0.4) is 0 Å². The van der Waals surface area contributed by atoms with Crippen LogP contribution in [-0.4, -0.2) is 89.1 Å². The molecule has 0 unspecified atom stereocenters. The highest BCUT2D eigenvalue weighted by molar-refractivity contribution is 5.78. The second-order valence-corrected chi connectivity index (χ2v) is 8.92. The van der Waals surface area contributed by atoms with E-state index in [4.69, 9.17) is 9.26 Å². The molecule has 2 aliphatic heterocycles. The summed E-state index contributed by atoms with van der Waals surface area (Å²) in [6, 6.07) is 7.53. The number of aromatic nitrogens is 2. The highest BCUT2D eigenvalue weighted by Crippen LogP contribution is 2.20. The number of rotatable bonds is 8. The average molecular weight is 470 g/mol. The molecule has 34 heavy (non-hydrogen) atoms. The molecule has 184 valence electrons. The third-order valence-electron chi connectivity index (χ3n) is 6.49. The maximum absolute atomic E-state index is 12.7. The predicted molar refractivity (Wildman–Crippen MR) is 127 cm³/mol. The molecule has 4 rings (SSSR count). The van der Waals surface area contributed by atoms with Crippen molar-refractivity contribution in [3.8, 4) is 17.1 Å². The Hall–Kier alpha value is -2.94. The molecule has 0 bridgehead atoms. The molecule has 0 radical (unpaired) electrons. The van der Waals surface area contributed by atoms with Crippen LogP contribution in [0.15, 0.2) is 28.8 Å². The lowest BCUT2D eigenvalue weighted by atomic mass is 10.2. The van der Waals surface area contributed by atoms with Crippen LogP contribution in [0.2, 0.25) is 0 Å². The SMILES string of the molecule is CCOc1ccc(-c2noc(CCC(=O)N3CCN(CC(=O)N4CCCCCC4)CC3)n2)cc1. The first kappa shape index (κ1) is 24.2. The molecule has 1 aromatic carbocycles. The van der Waals surface area contributed by atoms with Crippen LogP contribution in [0.5, 0.6) is 5.75 Å². The number of nitrogens with zero attached hydrogens (tertiary/aromatic N) is 5. The topological polar surface area (TPSA) is 92.0 Å². The van der Waals surface area contributed by atoms with Gasteiger partial charge in [-0.3, -0.25) is 14.5 Å². The molecule has 3 heterocycles. The van der Waals surface area contributed by atoms with E-state index in [0.29, 0.717) is 50.8 Å². The van der Waals surface area contributed by atoms with Gasteiger partial charge in [-0.15, -0.1) is 0 Å². The first-order chi connectivity index (χ1) is 16.6. The Kier molecular flexibility index (Phi) is 8.51. The molecule has 1 aromatic heterocycles. The van der Waals surface area contributed by atoms with E-state index in [1.165, 1.54) is 12.8 Å². The van der Waals surface area contributed by atoms with Gasteiger partial charge in [0.05, 0.1) is 13.2 Å². The third kappa shape index (κ3) is 6.56. The number of carbonyl (C=O) groups is 2. The highest BCUT2D eigenvalue weighted by atomic mass is 16.5. The van der Waals surface area contributed by atoms with Crippen LogP contribution >= 0.6 is 0 Å². The van der Waals surface area contributed by atoms with Gasteiger partial charge in [-0.1, -0.05) is 18.0 Å². The smallest absolute Gasteiger partial charge is 0.236 e. The number of piperazine rings is 1. The van der Waals surface area contributed by atoms with Crippen molar-refractivity contribution < 1.29 is 18.8 Å². The van der Waals surface area contributed by atoms with Gasteiger partial charge in [-0.05, 0) is 44.0 Å². The number of likely N-dealkylation sites (tertiary alicyclic amines) is 1. The fourth-order valence-corrected chi connectivity index (χ4v) is 4.48. The molecule has 2 amide bonds. The Balaban J connectivity index is 1.19. The zero-order chi connectivity index (χ0) is 23.8. The lowest BCUT2D eigenvalue weighted by molar-refractivity contribution is -0.135. The van der Waals surface area contributed by atoms with Gasteiger partial charge >= 0.3 is 0 Å². The molecule has 2 aliphatic rings. The van der Waals surface area contributed by atoms with Gasteiger partial charge < -0.3 is 19.1 Å². The maximum Gasteiger partial charge on any atom is 0.236 e. The van der Waals surface area contributed by atoms with E-state index in [9.17, 15) is 9.59 Å². The molecule has 0 spiro atoms. The van der Waals surface area contributed by atoms with Crippen molar-refractivity contribution in [2.75, 3.05) is 52.4 Å². The second-order valence-electron chi connectivity index (χ2n) is 8.92. The van der Waals surface area contributed by atoms with E-state index in [1.807, 2.05) is 41.0 Å². The normalized spacial score (nSPS) is 17.4. The summed E-state index contributed by atoms with van der Waals surface area (Å²) in [5.74, 6) is 2.07. The second kappa shape index (κ2) is 12.0. The first-order valence-corrected chi connectivity index (χ1v) is 12.5. The molecule has 0 N–H and O–H groups in total. The van der Waals surface area contributed by atoms with Crippen molar-refractivity contribution in [3.05, 3.63) is 30.2 Å². The Bertz CT molecular complexity index is 929. The number of carbonyl (C=O) groups excluding carboxylic acids is 2. The average Bonchev–Trinajstić information content (AvgIpc) is 3.16. The van der Waals surface area contributed by atoms with Gasteiger partial charge in [0.2, 0.25) is 23.5 Å². The van der Waals surface area contributed by atoms with E-state index < -0.39 is 0 Å². The number of hydrogen-bond acceptors (Lipinski definition) is 7. The maximum atomic E-state index is 12.7. The summed E-state index contributed by atoms with van der Waals surface area (Å²) in [6.45, 7) is 7.53. The van der Waals surface area contributed by atoms with E-state index in [2.05, 4.69) is 15.0 Å². The summed E-state index contributed by atoms with van der Waals surface area (Å²) < 4.78 is 10.8. The summed E-state index contributed by atoms with van der Waals surface area (Å²) >= 11 is 0. The van der Waals surface area contributed by atoms with Gasteiger partial charge in [0.25, 0.3) is 0 Å². The van der Waals surface area contributed by atoms with Crippen molar-refractivity contribution in [1.82, 2.24) is 24.8 Å². The van der Waals surface area contributed by atoms with Crippen LogP contribution in [0.25, 0.3) is 11.4 Å². The fraction of sp³-hybridized carbons (Fsp3) is 0.600. The molecule has 0 saturated carbocycles. The summed E-state index contributed by atoms with van der Waals surface area (Å²) in [5.41, 5.74) is 0.843. The van der Waals surface area contributed by atoms with Crippen molar-refractivity contribution in [3.63, 3.8) is 0 Å². The molecule has 2 fully saturated rings. The molecule has 2 aromatic rings. The monoisotopic (exact) mass is 469 g/mol. The molecule has 9 heteroatoms. The van der Waals surface area contributed by atoms with Crippen molar-refractivity contribution in [2.24, 2.45) is 0 Å². The zero-order valence-corrected chi connectivity index (χ0v) is 20.1. The van der Waals surface area contributed by atoms with Crippen molar-refractivity contribution in [1.29, 1.82) is 0 Å². The number of amides is 2. The molecule has 9 nitrogen and oxygen atoms in total. The Labute approximate surface area is 201 Å². The molecular weight excluding hydrogens is 434 g/mol. The van der Waals surface area contributed by atoms with Gasteiger partial charge in [0, 0.05) is 57.7 Å². The lowest BCUT2D eigenvalue weighted by Crippen LogP contribution is -2.51. The predicted octanol–water partition coefficient (Wildman–Crippen LogP) is 2.61. The van der Waals surface area contributed by atoms with E-state index in [0.717, 1.165) is 50.3 Å². The van der Waals surface area contributed by atoms with Gasteiger partial charge in [0.1, 0.15) is 5.75 Å². The van der Waals surface area contributed by atoms with Gasteiger partial charge in [-0.2, -0.15) is 4.98 Å². The minimum Gasteiger partial charge on any atom is -0.494 e. The standard InChI is InChI=1S/C25H35N5O4/c1-2-33-21-9-7-20(8-10-21)25-26-22(34-27-25)11-12-23(31)30-17-15-28(16-18-30)19-24(32)29-13-5-3-4-6-14-29/h7-10H,2-6,11-19H2,1H3. The summed E-state index contributed by atoms with van der Waals surface area (Å²) in [4.78, 5) is 35.8. The summed E-state index contributed by atoms with van der Waals surface area (Å²) in [7, 11) is 0. The van der Waals surface area contributed by atoms with Crippen LogP contribution in [0.4, 0.5) is 0 Å². The minimum atomic E-state index is 0.0827. The van der Waals surface area contributed by atoms with Crippen LogP contribution in [0, 0.1) is 0 Å². The largest absolute Gasteiger partial charge is 0.494 e. The summed E-state index contributed by atoms with van der Waals surface area (Å²) in [5, 5.41) is 4.04. The molecule has 0 atom stereocenters. The Morgan fingerprint density at radius 1 is 0.912 bits per heavy atom. The van der Waals surface area contributed by atoms with E-state index in [-0.39, 0.29) is 11.8 Å². The zero-order valence-electron chi connectivity index (χ0n) is 20.1. The fourth-order valence-electron chi connectivity index (χ4n) is 4.48. The lowest BCUT2D eigenvalue weighted by Gasteiger charge is -2.35. The number of ether oxygens (including phenoxy) is 1.